The van der Waals surface area contributed by atoms with Crippen molar-refractivity contribution in [3.05, 3.63) is 16.0 Å². The summed E-state index contributed by atoms with van der Waals surface area (Å²) >= 11 is 1.51. The average Bonchev–Trinajstić information content (AvgIpc) is 2.26. The number of carbonyl (C=O) groups is 1. The van der Waals surface area contributed by atoms with Gasteiger partial charge in [-0.15, -0.1) is 11.3 Å². The molecule has 0 amide bonds. The highest BCUT2D eigenvalue weighted by molar-refractivity contribution is 7.16. The molecule has 2 N–H and O–H groups in total. The molecule has 1 aromatic rings. The van der Waals surface area contributed by atoms with Crippen molar-refractivity contribution in [1.82, 2.24) is 0 Å². The van der Waals surface area contributed by atoms with Crippen LogP contribution < -0.4 is 5.32 Å². The smallest absolute Gasteiger partial charge is 0.338 e. The van der Waals surface area contributed by atoms with Crippen molar-refractivity contribution in [3.63, 3.8) is 0 Å². The molecule has 14 heavy (non-hydrogen) atoms. The molecule has 0 spiro atoms. The molecule has 0 radical (unpaired) electrons. The Hall–Kier alpha value is -1.03. The van der Waals surface area contributed by atoms with Crippen LogP contribution in [0.5, 0.6) is 0 Å². The van der Waals surface area contributed by atoms with Crippen LogP contribution in [0.2, 0.25) is 0 Å². The zero-order valence-electron chi connectivity index (χ0n) is 8.84. The van der Waals surface area contributed by atoms with E-state index in [0.29, 0.717) is 5.56 Å². The van der Waals surface area contributed by atoms with Gasteiger partial charge in [0.25, 0.3) is 0 Å². The van der Waals surface area contributed by atoms with E-state index in [1.54, 1.807) is 0 Å². The van der Waals surface area contributed by atoms with Crippen molar-refractivity contribution in [2.24, 2.45) is 0 Å². The van der Waals surface area contributed by atoms with Crippen molar-refractivity contribution in [2.75, 3.05) is 5.32 Å². The lowest BCUT2D eigenvalue weighted by atomic mass is 10.1. The number of hydrogen-bond acceptors (Lipinski definition) is 3. The minimum atomic E-state index is -0.852. The molecule has 0 aromatic carbocycles. The van der Waals surface area contributed by atoms with E-state index in [4.69, 9.17) is 5.11 Å². The molecule has 1 rings (SSSR count). The zero-order chi connectivity index (χ0) is 10.9. The summed E-state index contributed by atoms with van der Waals surface area (Å²) in [5.74, 6) is -0.852. The molecule has 0 fully saturated rings. The summed E-state index contributed by atoms with van der Waals surface area (Å²) in [5.41, 5.74) is 1.28. The van der Waals surface area contributed by atoms with Crippen LogP contribution in [0.3, 0.4) is 0 Å². The lowest BCUT2D eigenvalue weighted by molar-refractivity contribution is 0.0697. The molecule has 0 aliphatic carbocycles. The third kappa shape index (κ3) is 2.07. The summed E-state index contributed by atoms with van der Waals surface area (Å²) in [6, 6.07) is 0.255. The highest BCUT2D eigenvalue weighted by Gasteiger charge is 2.18. The van der Waals surface area contributed by atoms with Crippen LogP contribution in [-0.2, 0) is 0 Å². The van der Waals surface area contributed by atoms with Gasteiger partial charge in [0.05, 0.1) is 5.56 Å². The van der Waals surface area contributed by atoms with E-state index in [1.165, 1.54) is 11.3 Å². The van der Waals surface area contributed by atoms with E-state index in [1.807, 2.05) is 27.7 Å². The molecule has 0 saturated carbocycles. The number of hydrogen-bond donors (Lipinski definition) is 2. The molecule has 0 atom stereocenters. The lowest BCUT2D eigenvalue weighted by Gasteiger charge is -2.08. The molecule has 0 aliphatic heterocycles. The fourth-order valence-corrected chi connectivity index (χ4v) is 2.45. The molecule has 1 heterocycles. The Balaban J connectivity index is 3.15. The first kappa shape index (κ1) is 11.0. The monoisotopic (exact) mass is 213 g/mol. The third-order valence-corrected chi connectivity index (χ3v) is 3.16. The first-order valence-electron chi connectivity index (χ1n) is 4.53. The van der Waals surface area contributed by atoms with Crippen LogP contribution in [0.1, 0.15) is 34.6 Å². The molecular weight excluding hydrogens is 198 g/mol. The van der Waals surface area contributed by atoms with E-state index in [0.717, 1.165) is 15.4 Å². The third-order valence-electron chi connectivity index (χ3n) is 2.02. The van der Waals surface area contributed by atoms with Crippen LogP contribution >= 0.6 is 11.3 Å². The van der Waals surface area contributed by atoms with Gasteiger partial charge in [-0.2, -0.15) is 0 Å². The second-order valence-electron chi connectivity index (χ2n) is 3.59. The number of thiophene rings is 1. The van der Waals surface area contributed by atoms with E-state index in [-0.39, 0.29) is 6.04 Å². The molecule has 3 nitrogen and oxygen atoms in total. The van der Waals surface area contributed by atoms with Crippen molar-refractivity contribution < 1.29 is 9.90 Å². The first-order valence-corrected chi connectivity index (χ1v) is 5.35. The molecule has 78 valence electrons. The summed E-state index contributed by atoms with van der Waals surface area (Å²) in [5, 5.41) is 13.0. The Bertz CT molecular complexity index is 355. The minimum absolute atomic E-state index is 0.255. The van der Waals surface area contributed by atoms with Gasteiger partial charge in [-0.25, -0.2) is 4.79 Å². The van der Waals surface area contributed by atoms with Crippen molar-refractivity contribution >= 4 is 22.3 Å². The maximum Gasteiger partial charge on any atom is 0.338 e. The van der Waals surface area contributed by atoms with Gasteiger partial charge in [0.2, 0.25) is 0 Å². The standard InChI is InChI=1S/C10H15NO2S/c1-5(2)11-9-8(10(12)13)6(3)7(4)14-9/h5,11H,1-4H3,(H,12,13). The van der Waals surface area contributed by atoms with Crippen molar-refractivity contribution in [3.8, 4) is 0 Å². The van der Waals surface area contributed by atoms with Gasteiger partial charge in [0.15, 0.2) is 0 Å². The van der Waals surface area contributed by atoms with E-state index < -0.39 is 5.97 Å². The summed E-state index contributed by atoms with van der Waals surface area (Å²) in [7, 11) is 0. The van der Waals surface area contributed by atoms with Crippen molar-refractivity contribution in [2.45, 2.75) is 33.7 Å². The maximum absolute atomic E-state index is 11.0. The summed E-state index contributed by atoms with van der Waals surface area (Å²) < 4.78 is 0. The number of aryl methyl sites for hydroxylation is 1. The van der Waals surface area contributed by atoms with Gasteiger partial charge in [-0.1, -0.05) is 0 Å². The van der Waals surface area contributed by atoms with Gasteiger partial charge in [0.1, 0.15) is 5.00 Å². The largest absolute Gasteiger partial charge is 0.478 e. The maximum atomic E-state index is 11.0. The summed E-state index contributed by atoms with van der Waals surface area (Å²) in [6.45, 7) is 7.78. The molecule has 1 aromatic heterocycles. The zero-order valence-corrected chi connectivity index (χ0v) is 9.66. The molecule has 4 heteroatoms. The Morgan fingerprint density at radius 2 is 2.00 bits per heavy atom. The van der Waals surface area contributed by atoms with Crippen LogP contribution in [-0.4, -0.2) is 17.1 Å². The summed E-state index contributed by atoms with van der Waals surface area (Å²) in [4.78, 5) is 12.1. The molecule has 0 unspecified atom stereocenters. The molecule has 0 bridgehead atoms. The fraction of sp³-hybridized carbons (Fsp3) is 0.500. The number of carboxylic acids is 1. The lowest BCUT2D eigenvalue weighted by Crippen LogP contribution is -2.11. The van der Waals surface area contributed by atoms with Crippen LogP contribution in [0.4, 0.5) is 5.00 Å². The number of nitrogens with one attached hydrogen (secondary N) is 1. The Morgan fingerprint density at radius 1 is 1.43 bits per heavy atom. The quantitative estimate of drug-likeness (QED) is 0.811. The number of rotatable bonds is 3. The van der Waals surface area contributed by atoms with Gasteiger partial charge >= 0.3 is 5.97 Å². The highest BCUT2D eigenvalue weighted by Crippen LogP contribution is 2.32. The topological polar surface area (TPSA) is 49.3 Å². The number of carboxylic acid groups (broad SMARTS) is 1. The molecular formula is C10H15NO2S. The Kier molecular flexibility index (Phi) is 3.16. The average molecular weight is 213 g/mol. The second-order valence-corrected chi connectivity index (χ2v) is 4.82. The normalized spacial score (nSPS) is 10.6. The first-order chi connectivity index (χ1) is 6.43. The SMILES string of the molecule is Cc1sc(NC(C)C)c(C(=O)O)c1C. The van der Waals surface area contributed by atoms with Gasteiger partial charge in [0, 0.05) is 10.9 Å². The van der Waals surface area contributed by atoms with E-state index in [9.17, 15) is 4.79 Å². The summed E-state index contributed by atoms with van der Waals surface area (Å²) in [6.07, 6.45) is 0. The van der Waals surface area contributed by atoms with Gasteiger partial charge in [-0.05, 0) is 33.3 Å². The number of anilines is 1. The minimum Gasteiger partial charge on any atom is -0.478 e. The van der Waals surface area contributed by atoms with E-state index >= 15 is 0 Å². The van der Waals surface area contributed by atoms with Crippen LogP contribution in [0.25, 0.3) is 0 Å². The van der Waals surface area contributed by atoms with Gasteiger partial charge in [-0.3, -0.25) is 0 Å². The van der Waals surface area contributed by atoms with E-state index in [2.05, 4.69) is 5.32 Å². The van der Waals surface area contributed by atoms with Crippen molar-refractivity contribution in [1.29, 1.82) is 0 Å². The highest BCUT2D eigenvalue weighted by atomic mass is 32.1. The molecule has 0 saturated heterocycles. The fourth-order valence-electron chi connectivity index (χ4n) is 1.25. The predicted octanol–water partition coefficient (Wildman–Crippen LogP) is 2.88. The van der Waals surface area contributed by atoms with Gasteiger partial charge < -0.3 is 10.4 Å². The predicted molar refractivity (Wildman–Crippen MR) is 59.5 cm³/mol. The number of aromatic carboxylic acids is 1. The van der Waals surface area contributed by atoms with Crippen LogP contribution in [0, 0.1) is 13.8 Å². The Morgan fingerprint density at radius 3 is 2.43 bits per heavy atom. The molecule has 0 aliphatic rings. The second kappa shape index (κ2) is 4.00. The Labute approximate surface area is 87.8 Å². The van der Waals surface area contributed by atoms with Crippen LogP contribution in [0.15, 0.2) is 0 Å².